The molecule has 8 rings (SSSR count). The Morgan fingerprint density at radius 1 is 0.714 bits per heavy atom. The molecule has 4 heterocycles. The maximum atomic E-state index is 12.8. The summed E-state index contributed by atoms with van der Waals surface area (Å²) in [5.41, 5.74) is 5.90. The van der Waals surface area contributed by atoms with Gasteiger partial charge in [0, 0.05) is 56.3 Å². The lowest BCUT2D eigenvalue weighted by atomic mass is 9.80. The highest BCUT2D eigenvalue weighted by atomic mass is 79.9. The summed E-state index contributed by atoms with van der Waals surface area (Å²) in [6.45, 7) is -5.35. The maximum Gasteiger partial charge on any atom is 0.488 e. The van der Waals surface area contributed by atoms with E-state index in [0.29, 0.717) is 51.3 Å². The fourth-order valence-electron chi connectivity index (χ4n) is 5.77. The van der Waals surface area contributed by atoms with Crippen LogP contribution >= 0.6 is 15.9 Å². The summed E-state index contributed by atoms with van der Waals surface area (Å²) in [6.07, 6.45) is 5.07. The molecule has 2 aromatic heterocycles. The average molecular weight is 840 g/mol. The van der Waals surface area contributed by atoms with Gasteiger partial charge in [-0.25, -0.2) is 0 Å². The van der Waals surface area contributed by atoms with Crippen molar-refractivity contribution >= 4 is 28.5 Å². The minimum atomic E-state index is -2.89. The first-order chi connectivity index (χ1) is 26.9. The van der Waals surface area contributed by atoms with Crippen molar-refractivity contribution in [1.29, 1.82) is 0 Å². The number of hydrogen-bond acceptors (Lipinski definition) is 9. The third kappa shape index (κ3) is 10.4. The Morgan fingerprint density at radius 3 is 1.93 bits per heavy atom. The molecule has 0 aliphatic carbocycles. The molecule has 2 aliphatic rings. The van der Waals surface area contributed by atoms with Gasteiger partial charge in [-0.2, -0.15) is 22.7 Å². The van der Waals surface area contributed by atoms with Gasteiger partial charge in [-0.3, -0.25) is 4.68 Å². The van der Waals surface area contributed by atoms with Crippen molar-refractivity contribution in [2.75, 3.05) is 13.6 Å². The molecular weight excluding hydrogens is 805 g/mol. The van der Waals surface area contributed by atoms with E-state index in [1.165, 1.54) is 6.07 Å². The summed E-state index contributed by atoms with van der Waals surface area (Å²) in [7, 11) is 2.38. The minimum absolute atomic E-state index is 0.134. The molecule has 292 valence electrons. The Labute approximate surface area is 327 Å². The first-order valence-corrected chi connectivity index (χ1v) is 17.8. The Kier molecular flexibility index (Phi) is 13.1. The van der Waals surface area contributed by atoms with E-state index in [2.05, 4.69) is 25.8 Å². The minimum Gasteiger partial charge on any atom is -0.454 e. The maximum absolute atomic E-state index is 12.8. The quantitative estimate of drug-likeness (QED) is 0.110. The second kappa shape index (κ2) is 18.3. The Hall–Kier alpha value is -5.65. The predicted molar refractivity (Wildman–Crippen MR) is 202 cm³/mol. The van der Waals surface area contributed by atoms with Crippen molar-refractivity contribution in [2.45, 2.75) is 26.1 Å². The average Bonchev–Trinajstić information content (AvgIpc) is 3.99. The van der Waals surface area contributed by atoms with E-state index in [1.54, 1.807) is 65.5 Å². The van der Waals surface area contributed by atoms with E-state index in [1.807, 2.05) is 55.2 Å². The van der Waals surface area contributed by atoms with Crippen LogP contribution in [0.4, 0.5) is 17.6 Å². The number of aryl methyl sites for hydroxylation is 2. The van der Waals surface area contributed by atoms with E-state index < -0.39 is 20.3 Å². The van der Waals surface area contributed by atoms with E-state index in [4.69, 9.17) is 33.7 Å². The molecule has 4 aromatic carbocycles. The van der Waals surface area contributed by atoms with Gasteiger partial charge in [-0.05, 0) is 105 Å². The number of alkyl halides is 4. The zero-order valence-corrected chi connectivity index (χ0v) is 31.5. The highest BCUT2D eigenvalue weighted by Gasteiger charge is 2.19. The number of halogens is 5. The fraction of sp³-hybridized carbons (Fsp3) is 0.205. The number of aromatic nitrogens is 3. The summed E-state index contributed by atoms with van der Waals surface area (Å²) >= 11 is 3.22. The Morgan fingerprint density at radius 2 is 1.32 bits per heavy atom. The molecule has 0 amide bonds. The van der Waals surface area contributed by atoms with Gasteiger partial charge in [0.15, 0.2) is 23.0 Å². The normalized spacial score (nSPS) is 12.2. The first kappa shape index (κ1) is 40.0. The molecule has 0 atom stereocenters. The van der Waals surface area contributed by atoms with Crippen LogP contribution in [0, 0.1) is 0 Å². The van der Waals surface area contributed by atoms with Gasteiger partial charge in [0.2, 0.25) is 13.6 Å². The molecule has 2 N–H and O–H groups in total. The predicted octanol–water partition coefficient (Wildman–Crippen LogP) is 7.08. The monoisotopic (exact) mass is 839 g/mol. The van der Waals surface area contributed by atoms with Crippen LogP contribution in [0.2, 0.25) is 0 Å². The smallest absolute Gasteiger partial charge is 0.454 e. The van der Waals surface area contributed by atoms with Gasteiger partial charge < -0.3 is 43.0 Å². The molecule has 6 aromatic rings. The summed E-state index contributed by atoms with van der Waals surface area (Å²) in [5.74, 6) is 2.71. The third-order valence-electron chi connectivity index (χ3n) is 8.59. The highest BCUT2D eigenvalue weighted by molar-refractivity contribution is 9.10. The van der Waals surface area contributed by atoms with Crippen molar-refractivity contribution in [1.82, 2.24) is 14.3 Å². The van der Waals surface area contributed by atoms with E-state index >= 15 is 0 Å². The largest absolute Gasteiger partial charge is 0.488 e. The van der Waals surface area contributed by atoms with Crippen molar-refractivity contribution in [3.63, 3.8) is 0 Å². The van der Waals surface area contributed by atoms with Crippen LogP contribution in [-0.2, 0) is 26.9 Å². The van der Waals surface area contributed by atoms with Crippen LogP contribution in [-0.4, -0.2) is 58.3 Å². The van der Waals surface area contributed by atoms with Crippen LogP contribution in [0.25, 0.3) is 11.1 Å². The molecule has 11 nitrogen and oxygen atoms in total. The number of benzene rings is 4. The van der Waals surface area contributed by atoms with E-state index in [9.17, 15) is 17.6 Å². The van der Waals surface area contributed by atoms with Gasteiger partial charge in [0.25, 0.3) is 0 Å². The summed E-state index contributed by atoms with van der Waals surface area (Å²) in [4.78, 5) is 0. The SMILES string of the molecule is Cn1cccc1Cc1ccc(OC(F)F)c(-c2ccc3c(c2)OCO3)c1.Cn1nccc1Cc1ccc(OC(F)F)c(Br)c1.OB(O)c1ccc2c(c1)OCO2. The van der Waals surface area contributed by atoms with Crippen molar-refractivity contribution in [3.8, 4) is 45.6 Å². The standard InChI is InChI=1S/C20H17F2NO3.C12H11BrF2N2O.C7H7BO4/c1-23-8-2-3-15(23)9-13-4-6-17(26-20(21)22)16(10-13)14-5-7-18-19(11-14)25-12-24-18;1-17-9(4-5-16-17)6-8-2-3-11(10(13)7-8)18-12(14)15;9-8(10)5-1-2-6-7(3-5)12-4-11-6/h2-8,10-11,20H,9,12H2,1H3;2-5,7,12H,6H2,1H3;1-3,9-10H,4H2. The number of ether oxygens (including phenoxy) is 6. The van der Waals surface area contributed by atoms with Crippen LogP contribution in [0.3, 0.4) is 0 Å². The second-order valence-electron chi connectivity index (χ2n) is 12.3. The molecule has 0 saturated carbocycles. The lowest BCUT2D eigenvalue weighted by Crippen LogP contribution is -2.29. The molecule has 2 aliphatic heterocycles. The Bertz CT molecular complexity index is 2250. The van der Waals surface area contributed by atoms with Crippen LogP contribution in [0.1, 0.15) is 22.5 Å². The van der Waals surface area contributed by atoms with Gasteiger partial charge in [-0.15, -0.1) is 0 Å². The summed E-state index contributed by atoms with van der Waals surface area (Å²) in [6, 6.07) is 26.4. The zero-order valence-electron chi connectivity index (χ0n) is 30.0. The van der Waals surface area contributed by atoms with E-state index in [-0.39, 0.29) is 25.1 Å². The van der Waals surface area contributed by atoms with Crippen molar-refractivity contribution in [3.05, 3.63) is 130 Å². The molecule has 0 unspecified atom stereocenters. The Balaban J connectivity index is 0.000000154. The van der Waals surface area contributed by atoms with Gasteiger partial charge in [0.1, 0.15) is 11.5 Å². The number of fused-ring (bicyclic) bond motifs is 2. The van der Waals surface area contributed by atoms with Crippen LogP contribution < -0.4 is 33.9 Å². The third-order valence-corrected chi connectivity index (χ3v) is 9.21. The molecule has 17 heteroatoms. The number of nitrogens with zero attached hydrogens (tertiary/aromatic N) is 3. The summed E-state index contributed by atoms with van der Waals surface area (Å²) in [5, 5.41) is 21.7. The van der Waals surface area contributed by atoms with Crippen LogP contribution in [0.5, 0.6) is 34.5 Å². The van der Waals surface area contributed by atoms with Gasteiger partial charge in [-0.1, -0.05) is 24.3 Å². The molecule has 0 radical (unpaired) electrons. The van der Waals surface area contributed by atoms with Crippen molar-refractivity contribution < 1.29 is 56.0 Å². The van der Waals surface area contributed by atoms with Gasteiger partial charge in [0.05, 0.1) is 4.47 Å². The molecule has 0 saturated heterocycles. The van der Waals surface area contributed by atoms with Crippen LogP contribution in [0.15, 0.2) is 108 Å². The molecular formula is C39H35BBrF4N3O8. The van der Waals surface area contributed by atoms with E-state index in [0.717, 1.165) is 28.1 Å². The topological polar surface area (TPSA) is 119 Å². The first-order valence-electron chi connectivity index (χ1n) is 17.0. The lowest BCUT2D eigenvalue weighted by molar-refractivity contribution is -0.0507. The molecule has 0 fully saturated rings. The molecule has 56 heavy (non-hydrogen) atoms. The highest BCUT2D eigenvalue weighted by Crippen LogP contribution is 2.40. The number of hydrogen-bond donors (Lipinski definition) is 2. The zero-order chi connectivity index (χ0) is 39.8. The molecule has 0 bridgehead atoms. The summed E-state index contributed by atoms with van der Waals surface area (Å²) < 4.78 is 84.1. The molecule has 0 spiro atoms. The lowest BCUT2D eigenvalue weighted by Gasteiger charge is -2.14. The second-order valence-corrected chi connectivity index (χ2v) is 13.2. The van der Waals surface area contributed by atoms with Crippen molar-refractivity contribution in [2.24, 2.45) is 14.1 Å². The van der Waals surface area contributed by atoms with Gasteiger partial charge >= 0.3 is 20.3 Å². The fourth-order valence-corrected chi connectivity index (χ4v) is 6.29. The number of rotatable bonds is 10.